The molecule has 51 heavy (non-hydrogen) atoms. The number of nitrogens with one attached hydrogen (secondary N) is 2. The van der Waals surface area contributed by atoms with Crippen molar-refractivity contribution in [3.8, 4) is 0 Å². The molecule has 1 aromatic heterocycles. The molecule has 0 unspecified atom stereocenters. The van der Waals surface area contributed by atoms with Crippen LogP contribution in [0.2, 0.25) is 0 Å². The fraction of sp³-hybridized carbons (Fsp3) is 0.500. The average Bonchev–Trinajstić information content (AvgIpc) is 3.12. The van der Waals surface area contributed by atoms with Gasteiger partial charge in [-0.1, -0.05) is 115 Å². The Bertz CT molecular complexity index is 1400. The lowest BCUT2D eigenvalue weighted by Crippen LogP contribution is -2.48. The van der Waals surface area contributed by atoms with Gasteiger partial charge in [-0.15, -0.1) is 0 Å². The van der Waals surface area contributed by atoms with Gasteiger partial charge >= 0.3 is 0 Å². The van der Waals surface area contributed by atoms with Gasteiger partial charge in [-0.3, -0.25) is 20.5 Å². The van der Waals surface area contributed by atoms with Gasteiger partial charge in [0.25, 0.3) is 0 Å². The van der Waals surface area contributed by atoms with E-state index in [2.05, 4.69) is 108 Å². The van der Waals surface area contributed by atoms with Crippen LogP contribution in [0.1, 0.15) is 70.2 Å². The molecule has 0 spiro atoms. The van der Waals surface area contributed by atoms with E-state index in [9.17, 15) is 0 Å². The Labute approximate surface area is 314 Å². The molecule has 0 saturated carbocycles. The van der Waals surface area contributed by atoms with E-state index in [0.29, 0.717) is 0 Å². The van der Waals surface area contributed by atoms with E-state index >= 15 is 0 Å². The first-order valence-corrected chi connectivity index (χ1v) is 19.8. The number of hydrogen-bond donors (Lipinski definition) is 3. The van der Waals surface area contributed by atoms with Gasteiger partial charge in [0.1, 0.15) is 5.03 Å². The third kappa shape index (κ3) is 14.4. The zero-order valence-corrected chi connectivity index (χ0v) is 33.1. The number of fused-ring (bicyclic) bond motifs is 2. The summed E-state index contributed by atoms with van der Waals surface area (Å²) in [5, 5.41) is 10.0. The summed E-state index contributed by atoms with van der Waals surface area (Å²) in [6.45, 7) is 40.7. The predicted octanol–water partition coefficient (Wildman–Crippen LogP) is 7.15. The maximum atomic E-state index is 6.54. The second kappa shape index (κ2) is 22.7. The normalized spacial score (nSPS) is 16.4. The lowest BCUT2D eigenvalue weighted by atomic mass is 10.0. The Morgan fingerprint density at radius 1 is 0.725 bits per heavy atom. The number of hydrogen-bond acceptors (Lipinski definition) is 9. The molecular formula is C42H66N8S. The number of pyridine rings is 1. The van der Waals surface area contributed by atoms with Gasteiger partial charge in [0.05, 0.1) is 5.69 Å². The standard InChI is InChI=1S/C40H60N8S.C2H6/c1-8-12-31(3)26-42-33(5)28-45-18-20-47(30-36-16-17-38-35(7)37-14-10-11-15-39(37)49-40(38)44-36)21-19-46(23-25-48(41)24-22-45)29-34(6)43-27-32(4)13-9-2;1-2/h10-11,14-17,42-43H,3-9,12-13,18-30,41H2,1-2H3;1-2H3. The van der Waals surface area contributed by atoms with E-state index in [4.69, 9.17) is 10.8 Å². The minimum absolute atomic E-state index is 0.775. The molecule has 0 atom stereocenters. The van der Waals surface area contributed by atoms with Crippen LogP contribution in [-0.2, 0) is 6.54 Å². The average molecular weight is 715 g/mol. The van der Waals surface area contributed by atoms with Crippen molar-refractivity contribution in [3.63, 3.8) is 0 Å². The first kappa shape index (κ1) is 42.2. The molecule has 0 bridgehead atoms. The zero-order chi connectivity index (χ0) is 37.2. The molecule has 4 rings (SSSR count). The van der Waals surface area contributed by atoms with Crippen molar-refractivity contribution < 1.29 is 0 Å². The number of hydrazine groups is 1. The number of benzene rings is 1. The summed E-state index contributed by atoms with van der Waals surface area (Å²) in [6, 6.07) is 12.9. The summed E-state index contributed by atoms with van der Waals surface area (Å²) in [7, 11) is 0. The lowest BCUT2D eigenvalue weighted by molar-refractivity contribution is 0.136. The molecule has 2 aromatic rings. The van der Waals surface area contributed by atoms with Gasteiger partial charge in [0.2, 0.25) is 0 Å². The molecule has 0 radical (unpaired) electrons. The smallest absolute Gasteiger partial charge is 0.109 e. The quantitative estimate of drug-likeness (QED) is 0.106. The van der Waals surface area contributed by atoms with Gasteiger partial charge < -0.3 is 10.6 Å². The van der Waals surface area contributed by atoms with Crippen molar-refractivity contribution >= 4 is 17.3 Å². The number of aromatic nitrogens is 1. The van der Waals surface area contributed by atoms with Gasteiger partial charge in [-0.25, -0.2) is 9.99 Å². The highest BCUT2D eigenvalue weighted by molar-refractivity contribution is 7.99. The van der Waals surface area contributed by atoms with E-state index in [-0.39, 0.29) is 0 Å². The fourth-order valence-electron chi connectivity index (χ4n) is 6.22. The highest BCUT2D eigenvalue weighted by atomic mass is 32.2. The van der Waals surface area contributed by atoms with Crippen molar-refractivity contribution in [1.82, 2.24) is 35.3 Å². The molecule has 280 valence electrons. The summed E-state index contributed by atoms with van der Waals surface area (Å²) < 4.78 is 0. The van der Waals surface area contributed by atoms with Gasteiger partial charge in [-0.2, -0.15) is 0 Å². The molecule has 1 saturated heterocycles. The predicted molar refractivity (Wildman–Crippen MR) is 221 cm³/mol. The first-order chi connectivity index (χ1) is 24.6. The van der Waals surface area contributed by atoms with Crippen LogP contribution in [-0.4, -0.2) is 103 Å². The Morgan fingerprint density at radius 2 is 1.24 bits per heavy atom. The summed E-state index contributed by atoms with van der Waals surface area (Å²) in [6.07, 6.45) is 4.28. The van der Waals surface area contributed by atoms with Crippen molar-refractivity contribution in [1.29, 1.82) is 0 Å². The molecule has 4 N–H and O–H groups in total. The Balaban J connectivity index is 0.00000345. The maximum absolute atomic E-state index is 6.54. The second-order valence-corrected chi connectivity index (χ2v) is 14.5. The van der Waals surface area contributed by atoms with Crippen LogP contribution in [0.25, 0.3) is 5.57 Å². The SMILES string of the molecule is C=C(CCC)CNC(=C)CN1CCN(N)CCN(CC(=C)NCC(=C)CCC)CCN(Cc2ccc3c(n2)Sc2ccccc2C3=C)CC1.CC. The molecule has 9 heteroatoms. The fourth-order valence-corrected chi connectivity index (χ4v) is 7.34. The van der Waals surface area contributed by atoms with Crippen LogP contribution in [0.15, 0.2) is 102 Å². The number of rotatable bonds is 16. The van der Waals surface area contributed by atoms with Gasteiger partial charge in [-0.05, 0) is 42.2 Å². The number of nitrogens with two attached hydrogens (primary N) is 1. The molecule has 0 aliphatic carbocycles. The third-order valence-corrected chi connectivity index (χ3v) is 10.2. The van der Waals surface area contributed by atoms with Crippen LogP contribution in [0.5, 0.6) is 0 Å². The maximum Gasteiger partial charge on any atom is 0.109 e. The second-order valence-electron chi connectivity index (χ2n) is 13.5. The van der Waals surface area contributed by atoms with E-state index in [1.807, 2.05) is 18.9 Å². The van der Waals surface area contributed by atoms with Crippen LogP contribution in [0.3, 0.4) is 0 Å². The monoisotopic (exact) mass is 715 g/mol. The van der Waals surface area contributed by atoms with Crippen LogP contribution >= 0.6 is 11.8 Å². The molecule has 0 amide bonds. The van der Waals surface area contributed by atoms with E-state index in [1.54, 1.807) is 11.8 Å². The Morgan fingerprint density at radius 3 is 1.78 bits per heavy atom. The van der Waals surface area contributed by atoms with Crippen LogP contribution < -0.4 is 16.5 Å². The van der Waals surface area contributed by atoms with E-state index in [1.165, 1.54) is 21.6 Å². The summed E-state index contributed by atoms with van der Waals surface area (Å²) in [4.78, 5) is 13.9. The van der Waals surface area contributed by atoms with Crippen molar-refractivity contribution in [2.24, 2.45) is 5.84 Å². The van der Waals surface area contributed by atoms with Gasteiger partial charge in [0, 0.05) is 107 Å². The number of nitrogens with zero attached hydrogens (tertiary/aromatic N) is 5. The van der Waals surface area contributed by atoms with Crippen LogP contribution in [0.4, 0.5) is 0 Å². The summed E-state index contributed by atoms with van der Waals surface area (Å²) in [5.41, 5.74) is 8.93. The topological polar surface area (TPSA) is 75.9 Å². The molecular weight excluding hydrogens is 649 g/mol. The Hall–Kier alpha value is -3.18. The van der Waals surface area contributed by atoms with Crippen LogP contribution in [0, 0.1) is 0 Å². The van der Waals surface area contributed by atoms with Gasteiger partial charge in [0.15, 0.2) is 0 Å². The zero-order valence-electron chi connectivity index (χ0n) is 32.2. The molecule has 2 aliphatic rings. The first-order valence-electron chi connectivity index (χ1n) is 18.9. The van der Waals surface area contributed by atoms with Crippen molar-refractivity contribution in [3.05, 3.63) is 109 Å². The largest absolute Gasteiger partial charge is 0.384 e. The molecule has 3 heterocycles. The highest BCUT2D eigenvalue weighted by Gasteiger charge is 2.22. The minimum atomic E-state index is 0.775. The highest BCUT2D eigenvalue weighted by Crippen LogP contribution is 2.43. The lowest BCUT2D eigenvalue weighted by Gasteiger charge is -2.34. The molecule has 2 aliphatic heterocycles. The van der Waals surface area contributed by atoms with Crippen molar-refractivity contribution in [2.45, 2.75) is 69.8 Å². The van der Waals surface area contributed by atoms with E-state index < -0.39 is 0 Å². The summed E-state index contributed by atoms with van der Waals surface area (Å²) in [5.74, 6) is 6.54. The summed E-state index contributed by atoms with van der Waals surface area (Å²) >= 11 is 1.75. The molecule has 8 nitrogen and oxygen atoms in total. The Kier molecular flexibility index (Phi) is 18.8. The molecule has 1 aromatic carbocycles. The minimum Gasteiger partial charge on any atom is -0.384 e. The third-order valence-electron chi connectivity index (χ3n) is 9.13. The van der Waals surface area contributed by atoms with E-state index in [0.717, 1.165) is 144 Å². The molecule has 1 fully saturated rings. The van der Waals surface area contributed by atoms with Crippen molar-refractivity contribution in [2.75, 3.05) is 78.5 Å².